The van der Waals surface area contributed by atoms with Crippen molar-refractivity contribution in [2.75, 3.05) is 5.01 Å². The van der Waals surface area contributed by atoms with Gasteiger partial charge in [0, 0.05) is 17.8 Å². The SMILES string of the molecule is C1=CN2[C@H](c3ccccc31)[C@H]1CCCC=C1N2c1ccccc1. The highest BCUT2D eigenvalue weighted by Crippen LogP contribution is 2.52. The third-order valence-corrected chi connectivity index (χ3v) is 5.32. The number of nitrogens with zero attached hydrogens (tertiary/aromatic N) is 2. The van der Waals surface area contributed by atoms with E-state index in [1.165, 1.54) is 41.8 Å². The molecular weight excluding hydrogens is 280 g/mol. The Hall–Kier alpha value is -2.48. The molecule has 0 spiro atoms. The van der Waals surface area contributed by atoms with Gasteiger partial charge in [-0.05, 0) is 48.6 Å². The molecule has 0 radical (unpaired) electrons. The van der Waals surface area contributed by atoms with Crippen molar-refractivity contribution in [2.45, 2.75) is 25.3 Å². The van der Waals surface area contributed by atoms with Gasteiger partial charge in [-0.15, -0.1) is 0 Å². The minimum atomic E-state index is 0.433. The Morgan fingerprint density at radius 1 is 0.913 bits per heavy atom. The minimum Gasteiger partial charge on any atom is -0.280 e. The summed E-state index contributed by atoms with van der Waals surface area (Å²) in [6, 6.07) is 20.1. The Labute approximate surface area is 137 Å². The first-order chi connectivity index (χ1) is 11.4. The normalized spacial score (nSPS) is 24.8. The van der Waals surface area contributed by atoms with Crippen molar-refractivity contribution >= 4 is 11.8 Å². The first kappa shape index (κ1) is 13.0. The first-order valence-corrected chi connectivity index (χ1v) is 8.54. The number of fused-ring (bicyclic) bond motifs is 5. The molecule has 1 aliphatic carbocycles. The lowest BCUT2D eigenvalue weighted by molar-refractivity contribution is 0.281. The number of hydrogen-bond donors (Lipinski definition) is 0. The molecule has 5 rings (SSSR count). The number of para-hydroxylation sites is 1. The van der Waals surface area contributed by atoms with Crippen LogP contribution in [0.25, 0.3) is 6.08 Å². The largest absolute Gasteiger partial charge is 0.280 e. The Kier molecular flexibility index (Phi) is 2.84. The van der Waals surface area contributed by atoms with E-state index >= 15 is 0 Å². The van der Waals surface area contributed by atoms with Gasteiger partial charge in [0.15, 0.2) is 0 Å². The average Bonchev–Trinajstić information content (AvgIpc) is 2.97. The van der Waals surface area contributed by atoms with E-state index in [1.807, 2.05) is 0 Å². The van der Waals surface area contributed by atoms with Crippen LogP contribution in [0.15, 0.2) is 72.6 Å². The molecule has 2 aliphatic heterocycles. The van der Waals surface area contributed by atoms with Crippen LogP contribution in [-0.4, -0.2) is 5.01 Å². The van der Waals surface area contributed by atoms with Crippen molar-refractivity contribution in [3.8, 4) is 0 Å². The average molecular weight is 300 g/mol. The van der Waals surface area contributed by atoms with Gasteiger partial charge in [0.2, 0.25) is 0 Å². The van der Waals surface area contributed by atoms with Gasteiger partial charge < -0.3 is 0 Å². The van der Waals surface area contributed by atoms with Crippen molar-refractivity contribution in [1.82, 2.24) is 5.01 Å². The van der Waals surface area contributed by atoms with Crippen LogP contribution in [0, 0.1) is 5.92 Å². The van der Waals surface area contributed by atoms with Crippen LogP contribution in [-0.2, 0) is 0 Å². The van der Waals surface area contributed by atoms with Gasteiger partial charge in [-0.1, -0.05) is 48.5 Å². The number of rotatable bonds is 1. The predicted octanol–water partition coefficient (Wildman–Crippen LogP) is 5.13. The molecule has 0 unspecified atom stereocenters. The summed E-state index contributed by atoms with van der Waals surface area (Å²) in [4.78, 5) is 0. The molecule has 2 atom stereocenters. The molecule has 2 aromatic rings. The number of anilines is 1. The molecule has 114 valence electrons. The van der Waals surface area contributed by atoms with Crippen LogP contribution >= 0.6 is 0 Å². The van der Waals surface area contributed by atoms with Crippen molar-refractivity contribution in [1.29, 1.82) is 0 Å². The standard InChI is InChI=1S/C21H20N2/c1-2-9-17(10-3-1)23-20-13-7-6-12-19(20)21-18-11-5-4-8-16(18)14-15-22(21)23/h1-5,8-11,13-15,19,21H,6-7,12H2/t19-,21+/m0/s1. The third kappa shape index (κ3) is 1.88. The van der Waals surface area contributed by atoms with Crippen LogP contribution < -0.4 is 5.01 Å². The number of allylic oxidation sites excluding steroid dienone is 1. The third-order valence-electron chi connectivity index (χ3n) is 5.32. The molecule has 0 amide bonds. The monoisotopic (exact) mass is 300 g/mol. The zero-order valence-corrected chi connectivity index (χ0v) is 13.1. The molecule has 0 saturated carbocycles. The minimum absolute atomic E-state index is 0.433. The second-order valence-electron chi connectivity index (χ2n) is 6.58. The Balaban J connectivity index is 1.69. The van der Waals surface area contributed by atoms with Gasteiger partial charge in [-0.2, -0.15) is 0 Å². The summed E-state index contributed by atoms with van der Waals surface area (Å²) in [6.45, 7) is 0. The van der Waals surface area contributed by atoms with E-state index in [9.17, 15) is 0 Å². The van der Waals surface area contributed by atoms with E-state index in [1.54, 1.807) is 0 Å². The lowest BCUT2D eigenvalue weighted by Gasteiger charge is -2.35. The Morgan fingerprint density at radius 3 is 2.65 bits per heavy atom. The first-order valence-electron chi connectivity index (χ1n) is 8.54. The van der Waals surface area contributed by atoms with Gasteiger partial charge in [0.05, 0.1) is 11.7 Å². The molecule has 1 saturated heterocycles. The maximum Gasteiger partial charge on any atom is 0.0842 e. The topological polar surface area (TPSA) is 6.48 Å². The maximum absolute atomic E-state index is 2.45. The van der Waals surface area contributed by atoms with Gasteiger partial charge in [-0.3, -0.25) is 10.0 Å². The summed E-state index contributed by atoms with van der Waals surface area (Å²) in [5, 5.41) is 4.88. The maximum atomic E-state index is 2.45. The zero-order chi connectivity index (χ0) is 15.2. The smallest absolute Gasteiger partial charge is 0.0842 e. The highest BCUT2D eigenvalue weighted by molar-refractivity contribution is 5.63. The zero-order valence-electron chi connectivity index (χ0n) is 13.1. The molecule has 1 fully saturated rings. The van der Waals surface area contributed by atoms with E-state index in [2.05, 4.69) is 83.0 Å². The molecule has 0 N–H and O–H groups in total. The van der Waals surface area contributed by atoms with Gasteiger partial charge in [-0.25, -0.2) is 0 Å². The highest BCUT2D eigenvalue weighted by Gasteiger charge is 2.45. The second-order valence-corrected chi connectivity index (χ2v) is 6.58. The van der Waals surface area contributed by atoms with E-state index in [4.69, 9.17) is 0 Å². The van der Waals surface area contributed by atoms with Crippen LogP contribution in [0.4, 0.5) is 5.69 Å². The molecule has 3 aliphatic rings. The van der Waals surface area contributed by atoms with E-state index in [0.29, 0.717) is 12.0 Å². The van der Waals surface area contributed by atoms with Crippen LogP contribution in [0.1, 0.15) is 36.4 Å². The van der Waals surface area contributed by atoms with E-state index in [-0.39, 0.29) is 0 Å². The number of hydrogen-bond acceptors (Lipinski definition) is 2. The fourth-order valence-electron chi connectivity index (χ4n) is 4.35. The summed E-state index contributed by atoms with van der Waals surface area (Å²) in [6.07, 6.45) is 10.7. The van der Waals surface area contributed by atoms with Crippen LogP contribution in [0.2, 0.25) is 0 Å². The molecule has 2 aromatic carbocycles. The predicted molar refractivity (Wildman–Crippen MR) is 94.4 cm³/mol. The fraction of sp³-hybridized carbons (Fsp3) is 0.238. The number of benzene rings is 2. The Bertz CT molecular complexity index is 790. The quantitative estimate of drug-likeness (QED) is 0.720. The second kappa shape index (κ2) is 5.02. The Morgan fingerprint density at radius 2 is 1.74 bits per heavy atom. The molecule has 2 nitrogen and oxygen atoms in total. The molecule has 2 heterocycles. The van der Waals surface area contributed by atoms with E-state index in [0.717, 1.165) is 0 Å². The molecule has 23 heavy (non-hydrogen) atoms. The van der Waals surface area contributed by atoms with E-state index < -0.39 is 0 Å². The van der Waals surface area contributed by atoms with Gasteiger partial charge >= 0.3 is 0 Å². The van der Waals surface area contributed by atoms with Crippen molar-refractivity contribution in [3.05, 3.63) is 83.7 Å². The lowest BCUT2D eigenvalue weighted by atomic mass is 9.82. The summed E-state index contributed by atoms with van der Waals surface area (Å²) < 4.78 is 0. The molecule has 2 heteroatoms. The van der Waals surface area contributed by atoms with Crippen LogP contribution in [0.3, 0.4) is 0 Å². The van der Waals surface area contributed by atoms with Crippen LogP contribution in [0.5, 0.6) is 0 Å². The van der Waals surface area contributed by atoms with Crippen molar-refractivity contribution < 1.29 is 0 Å². The molecule has 0 aromatic heterocycles. The summed E-state index contributed by atoms with van der Waals surface area (Å²) in [5.74, 6) is 0.593. The summed E-state index contributed by atoms with van der Waals surface area (Å²) >= 11 is 0. The fourth-order valence-corrected chi connectivity index (χ4v) is 4.35. The molecule has 0 bridgehead atoms. The van der Waals surface area contributed by atoms with Crippen molar-refractivity contribution in [2.24, 2.45) is 5.92 Å². The number of hydrazine groups is 1. The lowest BCUT2D eigenvalue weighted by Crippen LogP contribution is -2.34. The summed E-state index contributed by atoms with van der Waals surface area (Å²) in [5.41, 5.74) is 5.57. The summed E-state index contributed by atoms with van der Waals surface area (Å²) in [7, 11) is 0. The molecular formula is C21H20N2. The van der Waals surface area contributed by atoms with Crippen molar-refractivity contribution in [3.63, 3.8) is 0 Å². The van der Waals surface area contributed by atoms with Gasteiger partial charge in [0.1, 0.15) is 0 Å². The highest BCUT2D eigenvalue weighted by atomic mass is 15.7. The van der Waals surface area contributed by atoms with Gasteiger partial charge in [0.25, 0.3) is 0 Å².